The summed E-state index contributed by atoms with van der Waals surface area (Å²) in [6, 6.07) is 7.19. The van der Waals surface area contributed by atoms with E-state index >= 15 is 0 Å². The van der Waals surface area contributed by atoms with Crippen LogP contribution in [0, 0.1) is 11.8 Å². The number of hydrogen-bond acceptors (Lipinski definition) is 4. The van der Waals surface area contributed by atoms with E-state index in [0.717, 1.165) is 38.6 Å². The van der Waals surface area contributed by atoms with E-state index in [4.69, 9.17) is 4.74 Å². The van der Waals surface area contributed by atoms with Gasteiger partial charge in [-0.3, -0.25) is 9.59 Å². The average molecular weight is 413 g/mol. The van der Waals surface area contributed by atoms with Crippen molar-refractivity contribution in [1.29, 1.82) is 0 Å². The summed E-state index contributed by atoms with van der Waals surface area (Å²) in [4.78, 5) is 26.4. The molecule has 4 aliphatic rings. The predicted octanol–water partition coefficient (Wildman–Crippen LogP) is 2.91. The molecule has 5 rings (SSSR count). The van der Waals surface area contributed by atoms with Gasteiger partial charge in [-0.1, -0.05) is 24.6 Å². The van der Waals surface area contributed by atoms with Crippen LogP contribution in [0.25, 0.3) is 0 Å². The molecule has 1 aromatic carbocycles. The van der Waals surface area contributed by atoms with Gasteiger partial charge < -0.3 is 20.1 Å². The first-order valence-electron chi connectivity index (χ1n) is 11.2. The van der Waals surface area contributed by atoms with Crippen molar-refractivity contribution in [3.05, 3.63) is 41.5 Å². The van der Waals surface area contributed by atoms with Crippen molar-refractivity contribution in [3.8, 4) is 5.75 Å². The third-order valence-electron chi connectivity index (χ3n) is 6.65. The molecular weight excluding hydrogens is 380 g/mol. The fourth-order valence-electron chi connectivity index (χ4n) is 4.99. The first-order valence-corrected chi connectivity index (χ1v) is 11.2. The molecule has 2 N–H and O–H groups in total. The van der Waals surface area contributed by atoms with Gasteiger partial charge in [0.1, 0.15) is 12.4 Å². The Morgan fingerprint density at radius 2 is 2.17 bits per heavy atom. The van der Waals surface area contributed by atoms with Gasteiger partial charge in [-0.05, 0) is 62.1 Å². The number of likely N-dealkylation sites (tertiary alicyclic amines) is 1. The van der Waals surface area contributed by atoms with Crippen molar-refractivity contribution >= 4 is 11.8 Å². The van der Waals surface area contributed by atoms with Crippen LogP contribution in [-0.2, 0) is 4.79 Å². The lowest BCUT2D eigenvalue weighted by Gasteiger charge is -2.38. The third kappa shape index (κ3) is 4.86. The van der Waals surface area contributed by atoms with E-state index in [-0.39, 0.29) is 29.9 Å². The third-order valence-corrected chi connectivity index (χ3v) is 6.65. The lowest BCUT2D eigenvalue weighted by atomic mass is 9.73. The Labute approximate surface area is 178 Å². The molecular formula is C24H32N2O4. The molecule has 162 valence electrons. The molecule has 4 unspecified atom stereocenters. The van der Waals surface area contributed by atoms with Crippen LogP contribution in [0.5, 0.6) is 5.75 Å². The van der Waals surface area contributed by atoms with Crippen molar-refractivity contribution in [3.63, 3.8) is 0 Å². The molecule has 0 radical (unpaired) electrons. The van der Waals surface area contributed by atoms with Gasteiger partial charge >= 0.3 is 0 Å². The summed E-state index contributed by atoms with van der Waals surface area (Å²) in [5.74, 6) is 1.29. The van der Waals surface area contributed by atoms with Gasteiger partial charge in [0.15, 0.2) is 0 Å². The minimum atomic E-state index is -0.295. The monoisotopic (exact) mass is 412 g/mol. The van der Waals surface area contributed by atoms with Gasteiger partial charge in [0.05, 0.1) is 18.7 Å². The second kappa shape index (κ2) is 9.21. The molecule has 1 aromatic rings. The molecule has 2 amide bonds. The molecule has 1 heterocycles. The Balaban J connectivity index is 1.36. The lowest BCUT2D eigenvalue weighted by molar-refractivity contribution is -0.128. The normalized spacial score (nSPS) is 30.4. The Kier molecular flexibility index (Phi) is 6.42. The first-order chi connectivity index (χ1) is 14.5. The number of hydrogen-bond donors (Lipinski definition) is 2. The predicted molar refractivity (Wildman–Crippen MR) is 114 cm³/mol. The number of amides is 2. The van der Waals surface area contributed by atoms with E-state index in [1.807, 2.05) is 17.0 Å². The van der Waals surface area contributed by atoms with Crippen LogP contribution in [0.1, 0.15) is 55.8 Å². The van der Waals surface area contributed by atoms with Gasteiger partial charge in [0.25, 0.3) is 5.91 Å². The lowest BCUT2D eigenvalue weighted by Crippen LogP contribution is -2.43. The van der Waals surface area contributed by atoms with Gasteiger partial charge in [-0.2, -0.15) is 0 Å². The molecule has 1 saturated carbocycles. The second-order valence-corrected chi connectivity index (χ2v) is 8.94. The second-order valence-electron chi connectivity index (χ2n) is 8.94. The highest BCUT2D eigenvalue weighted by atomic mass is 16.5. The number of benzene rings is 1. The SMILES string of the molecule is CC1/C=C2\CCC(CC2NC(=O)c2cccc(OCCN3CCCC3=O)c2)C(O)C1. The van der Waals surface area contributed by atoms with Crippen molar-refractivity contribution in [1.82, 2.24) is 10.2 Å². The summed E-state index contributed by atoms with van der Waals surface area (Å²) >= 11 is 0. The molecule has 6 nitrogen and oxygen atoms in total. The highest BCUT2D eigenvalue weighted by Gasteiger charge is 2.34. The van der Waals surface area contributed by atoms with Crippen molar-refractivity contribution < 1.29 is 19.4 Å². The summed E-state index contributed by atoms with van der Waals surface area (Å²) in [5.41, 5.74) is 1.86. The smallest absolute Gasteiger partial charge is 0.251 e. The highest BCUT2D eigenvalue weighted by molar-refractivity contribution is 5.95. The number of allylic oxidation sites excluding steroid dienone is 1. The summed E-state index contributed by atoms with van der Waals surface area (Å²) < 4.78 is 5.79. The number of nitrogens with one attached hydrogen (secondary N) is 1. The average Bonchev–Trinajstić information content (AvgIpc) is 3.13. The fourth-order valence-corrected chi connectivity index (χ4v) is 4.99. The van der Waals surface area contributed by atoms with Crippen LogP contribution < -0.4 is 10.1 Å². The van der Waals surface area contributed by atoms with E-state index in [1.165, 1.54) is 5.57 Å². The minimum absolute atomic E-state index is 0.0144. The largest absolute Gasteiger partial charge is 0.492 e. The molecule has 1 saturated heterocycles. The molecule has 0 spiro atoms. The van der Waals surface area contributed by atoms with Crippen LogP contribution in [0.4, 0.5) is 0 Å². The Bertz CT molecular complexity index is 821. The number of aliphatic hydroxyl groups excluding tert-OH is 1. The zero-order valence-electron chi connectivity index (χ0n) is 17.7. The standard InChI is InChI=1S/C24H32N2O4/c1-16-12-17-7-8-18(22(27)13-16)15-21(17)25-24(29)19-4-2-5-20(14-19)30-11-10-26-9-3-6-23(26)28/h2,4-5,12,14,16,18,21-22,27H,3,6-11,13,15H2,1H3,(H,25,29)/b17-12+. The maximum atomic E-state index is 12.9. The van der Waals surface area contributed by atoms with Crippen molar-refractivity contribution in [2.45, 2.75) is 57.6 Å². The molecule has 2 bridgehead atoms. The summed E-state index contributed by atoms with van der Waals surface area (Å²) in [6.07, 6.45) is 7.03. The van der Waals surface area contributed by atoms with Crippen LogP contribution in [-0.4, -0.2) is 53.7 Å². The van der Waals surface area contributed by atoms with E-state index < -0.39 is 0 Å². The highest BCUT2D eigenvalue weighted by Crippen LogP contribution is 2.36. The van der Waals surface area contributed by atoms with E-state index in [0.29, 0.717) is 36.8 Å². The number of aliphatic hydroxyl groups is 1. The molecule has 4 atom stereocenters. The number of ether oxygens (including phenoxy) is 1. The maximum Gasteiger partial charge on any atom is 0.251 e. The van der Waals surface area contributed by atoms with Gasteiger partial charge in [-0.15, -0.1) is 0 Å². The van der Waals surface area contributed by atoms with Gasteiger partial charge in [-0.25, -0.2) is 0 Å². The number of nitrogens with zero attached hydrogens (tertiary/aromatic N) is 1. The Morgan fingerprint density at radius 1 is 1.30 bits per heavy atom. The number of fused-ring (bicyclic) bond motifs is 5. The molecule has 6 heteroatoms. The summed E-state index contributed by atoms with van der Waals surface area (Å²) in [5, 5.41) is 13.7. The number of rotatable bonds is 6. The van der Waals surface area contributed by atoms with E-state index in [9.17, 15) is 14.7 Å². The first kappa shape index (κ1) is 20.9. The van der Waals surface area contributed by atoms with Crippen molar-refractivity contribution in [2.24, 2.45) is 11.8 Å². The zero-order valence-corrected chi connectivity index (χ0v) is 17.7. The summed E-state index contributed by atoms with van der Waals surface area (Å²) in [7, 11) is 0. The van der Waals surface area contributed by atoms with Crippen LogP contribution >= 0.6 is 0 Å². The maximum absolute atomic E-state index is 12.9. The van der Waals surface area contributed by atoms with Crippen LogP contribution in [0.3, 0.4) is 0 Å². The minimum Gasteiger partial charge on any atom is -0.492 e. The zero-order chi connectivity index (χ0) is 21.1. The Hall–Kier alpha value is -2.34. The number of carbonyl (C=O) groups excluding carboxylic acids is 2. The van der Waals surface area contributed by atoms with E-state index in [1.54, 1.807) is 12.1 Å². The fraction of sp³-hybridized carbons (Fsp3) is 0.583. The van der Waals surface area contributed by atoms with Crippen LogP contribution in [0.15, 0.2) is 35.9 Å². The molecule has 30 heavy (non-hydrogen) atoms. The molecule has 2 fully saturated rings. The van der Waals surface area contributed by atoms with E-state index in [2.05, 4.69) is 18.3 Å². The van der Waals surface area contributed by atoms with Gasteiger partial charge in [0.2, 0.25) is 5.91 Å². The quantitative estimate of drug-likeness (QED) is 0.704. The topological polar surface area (TPSA) is 78.9 Å². The number of carbonyl (C=O) groups is 2. The van der Waals surface area contributed by atoms with Gasteiger partial charge in [0, 0.05) is 18.5 Å². The summed E-state index contributed by atoms with van der Waals surface area (Å²) in [6.45, 7) is 3.93. The molecule has 0 aromatic heterocycles. The molecule has 1 aliphatic heterocycles. The molecule has 3 aliphatic carbocycles. The van der Waals surface area contributed by atoms with Crippen molar-refractivity contribution in [2.75, 3.05) is 19.7 Å². The Morgan fingerprint density at radius 3 is 2.97 bits per heavy atom. The van der Waals surface area contributed by atoms with Crippen LogP contribution in [0.2, 0.25) is 0 Å².